The molecule has 0 fully saturated rings. The monoisotopic (exact) mass is 408 g/mol. The number of fused-ring (bicyclic) bond motifs is 1. The second-order valence-corrected chi connectivity index (χ2v) is 6.88. The highest BCUT2D eigenvalue weighted by Gasteiger charge is 2.14. The minimum absolute atomic E-state index is 0.408. The van der Waals surface area contributed by atoms with E-state index in [0.717, 1.165) is 22.2 Å². The number of pyridine rings is 1. The van der Waals surface area contributed by atoms with Crippen LogP contribution in [-0.4, -0.2) is 17.1 Å². The molecule has 0 radical (unpaired) electrons. The molecule has 2 aromatic heterocycles. The molecule has 0 saturated carbocycles. The third kappa shape index (κ3) is 3.24. The Kier molecular flexibility index (Phi) is 4.82. The first-order valence-corrected chi connectivity index (χ1v) is 9.13. The van der Waals surface area contributed by atoms with Crippen LogP contribution in [0.2, 0.25) is 10.0 Å². The zero-order valence-corrected chi connectivity index (χ0v) is 16.3. The number of benzene rings is 2. The predicted octanol–water partition coefficient (Wildman–Crippen LogP) is 6.16. The van der Waals surface area contributed by atoms with E-state index in [0.29, 0.717) is 32.7 Å². The van der Waals surface area contributed by atoms with E-state index in [-0.39, 0.29) is 0 Å². The zero-order valence-electron chi connectivity index (χ0n) is 14.8. The summed E-state index contributed by atoms with van der Waals surface area (Å²) in [6.45, 7) is 0. The maximum atomic E-state index is 9.56. The molecule has 0 spiro atoms. The van der Waals surface area contributed by atoms with Gasteiger partial charge in [0.1, 0.15) is 11.8 Å². The van der Waals surface area contributed by atoms with E-state index in [2.05, 4.69) is 21.4 Å². The second kappa shape index (κ2) is 7.43. The Hall–Kier alpha value is -3.20. The molecule has 0 aliphatic heterocycles. The maximum Gasteiger partial charge on any atom is 0.139 e. The number of rotatable bonds is 4. The summed E-state index contributed by atoms with van der Waals surface area (Å²) in [5, 5.41) is 14.4. The third-order valence-corrected chi connectivity index (χ3v) is 5.01. The van der Waals surface area contributed by atoms with E-state index >= 15 is 0 Å². The fourth-order valence-electron chi connectivity index (χ4n) is 3.01. The number of ether oxygens (including phenoxy) is 1. The Labute approximate surface area is 171 Å². The molecule has 0 amide bonds. The van der Waals surface area contributed by atoms with Gasteiger partial charge in [-0.1, -0.05) is 29.3 Å². The van der Waals surface area contributed by atoms with Crippen LogP contribution >= 0.6 is 23.2 Å². The molecule has 2 N–H and O–H groups in total. The molecule has 138 valence electrons. The Morgan fingerprint density at radius 2 is 2.00 bits per heavy atom. The van der Waals surface area contributed by atoms with Crippen LogP contribution in [0.1, 0.15) is 5.56 Å². The topological polar surface area (TPSA) is 73.7 Å². The van der Waals surface area contributed by atoms with Gasteiger partial charge in [-0.25, -0.2) is 0 Å². The Balaban J connectivity index is 1.85. The van der Waals surface area contributed by atoms with Crippen LogP contribution in [-0.2, 0) is 0 Å². The average molecular weight is 409 g/mol. The van der Waals surface area contributed by atoms with Crippen molar-refractivity contribution in [2.24, 2.45) is 0 Å². The number of halogens is 2. The molecule has 0 atom stereocenters. The summed E-state index contributed by atoms with van der Waals surface area (Å²) >= 11 is 12.5. The zero-order chi connectivity index (χ0) is 19.7. The van der Waals surface area contributed by atoms with Crippen molar-refractivity contribution in [3.63, 3.8) is 0 Å². The van der Waals surface area contributed by atoms with Crippen LogP contribution in [0.15, 0.2) is 54.9 Å². The van der Waals surface area contributed by atoms with Crippen molar-refractivity contribution in [2.75, 3.05) is 12.4 Å². The highest BCUT2D eigenvalue weighted by Crippen LogP contribution is 2.38. The molecule has 0 aliphatic carbocycles. The fourth-order valence-corrected chi connectivity index (χ4v) is 3.51. The fraction of sp³-hybridized carbons (Fsp3) is 0.0476. The van der Waals surface area contributed by atoms with Crippen LogP contribution in [0.4, 0.5) is 11.4 Å². The molecule has 0 unspecified atom stereocenters. The summed E-state index contributed by atoms with van der Waals surface area (Å²) in [6, 6.07) is 15.3. The lowest BCUT2D eigenvalue weighted by Gasteiger charge is -2.15. The van der Waals surface area contributed by atoms with Crippen LogP contribution in [0.3, 0.4) is 0 Å². The number of hydrogen-bond donors (Lipinski definition) is 2. The molecule has 5 nitrogen and oxygen atoms in total. The third-order valence-electron chi connectivity index (χ3n) is 4.40. The molecular formula is C21H14Cl2N4O. The summed E-state index contributed by atoms with van der Waals surface area (Å²) in [5.41, 5.74) is 4.37. The van der Waals surface area contributed by atoms with E-state index in [1.54, 1.807) is 18.3 Å². The SMILES string of the molecule is COc1cc(Nc2c(C#N)cnc3cc(-c4ccc[nH]4)ccc23)c(Cl)cc1Cl. The number of hydrogen-bond acceptors (Lipinski definition) is 4. The van der Waals surface area contributed by atoms with E-state index in [1.165, 1.54) is 7.11 Å². The number of aromatic amines is 1. The van der Waals surface area contributed by atoms with Crippen LogP contribution < -0.4 is 10.1 Å². The van der Waals surface area contributed by atoms with Gasteiger partial charge in [-0.3, -0.25) is 4.98 Å². The summed E-state index contributed by atoms with van der Waals surface area (Å²) in [6.07, 6.45) is 3.42. The highest BCUT2D eigenvalue weighted by atomic mass is 35.5. The molecule has 4 rings (SSSR count). The number of methoxy groups -OCH3 is 1. The number of aromatic nitrogens is 2. The lowest BCUT2D eigenvalue weighted by molar-refractivity contribution is 0.415. The number of nitrogens with one attached hydrogen (secondary N) is 2. The smallest absolute Gasteiger partial charge is 0.139 e. The molecule has 28 heavy (non-hydrogen) atoms. The Morgan fingerprint density at radius 1 is 1.14 bits per heavy atom. The molecule has 4 aromatic rings. The molecule has 0 bridgehead atoms. The van der Waals surface area contributed by atoms with E-state index in [1.807, 2.05) is 36.5 Å². The van der Waals surface area contributed by atoms with Crippen molar-refractivity contribution in [2.45, 2.75) is 0 Å². The van der Waals surface area contributed by atoms with Gasteiger partial charge in [-0.2, -0.15) is 5.26 Å². The quantitative estimate of drug-likeness (QED) is 0.423. The normalized spacial score (nSPS) is 10.6. The van der Waals surface area contributed by atoms with Gasteiger partial charge in [0.05, 0.1) is 39.6 Å². The molecule has 0 aliphatic rings. The number of anilines is 2. The van der Waals surface area contributed by atoms with Gasteiger partial charge in [0, 0.05) is 35.1 Å². The standard InChI is InChI=1S/C21H14Cl2N4O/c1-28-20-9-19(15(22)8-16(20)23)27-21-13(10-24)11-26-18-7-12(4-5-14(18)21)17-3-2-6-25-17/h2-9,11,25H,1H3,(H,26,27). The van der Waals surface area contributed by atoms with Gasteiger partial charge >= 0.3 is 0 Å². The highest BCUT2D eigenvalue weighted by molar-refractivity contribution is 6.37. The van der Waals surface area contributed by atoms with Gasteiger partial charge in [-0.05, 0) is 30.3 Å². The van der Waals surface area contributed by atoms with E-state index < -0.39 is 0 Å². The van der Waals surface area contributed by atoms with Crippen molar-refractivity contribution < 1.29 is 4.74 Å². The van der Waals surface area contributed by atoms with Gasteiger partial charge < -0.3 is 15.0 Å². The molecule has 0 saturated heterocycles. The lowest BCUT2D eigenvalue weighted by Crippen LogP contribution is -1.98. The Morgan fingerprint density at radius 3 is 2.71 bits per heavy atom. The van der Waals surface area contributed by atoms with Crippen molar-refractivity contribution in [1.82, 2.24) is 9.97 Å². The van der Waals surface area contributed by atoms with Crippen LogP contribution in [0.5, 0.6) is 5.75 Å². The van der Waals surface area contributed by atoms with Crippen molar-refractivity contribution in [1.29, 1.82) is 5.26 Å². The first-order valence-electron chi connectivity index (χ1n) is 8.37. The summed E-state index contributed by atoms with van der Waals surface area (Å²) in [5.74, 6) is 0.486. The maximum absolute atomic E-state index is 9.56. The van der Waals surface area contributed by atoms with Gasteiger partial charge in [0.25, 0.3) is 0 Å². The van der Waals surface area contributed by atoms with Crippen molar-refractivity contribution in [3.8, 4) is 23.1 Å². The van der Waals surface area contributed by atoms with Crippen molar-refractivity contribution in [3.05, 3.63) is 70.5 Å². The average Bonchev–Trinajstić information content (AvgIpc) is 3.24. The molecule has 7 heteroatoms. The molecule has 2 heterocycles. The minimum atomic E-state index is 0.408. The van der Waals surface area contributed by atoms with Gasteiger partial charge in [0.15, 0.2) is 0 Å². The summed E-state index contributed by atoms with van der Waals surface area (Å²) < 4.78 is 5.27. The van der Waals surface area contributed by atoms with Gasteiger partial charge in [-0.15, -0.1) is 0 Å². The Bertz CT molecular complexity index is 1210. The van der Waals surface area contributed by atoms with Crippen molar-refractivity contribution >= 4 is 45.5 Å². The summed E-state index contributed by atoms with van der Waals surface area (Å²) in [7, 11) is 1.53. The molecule has 2 aromatic carbocycles. The van der Waals surface area contributed by atoms with E-state index in [9.17, 15) is 5.26 Å². The van der Waals surface area contributed by atoms with Crippen LogP contribution in [0, 0.1) is 11.3 Å². The summed E-state index contributed by atoms with van der Waals surface area (Å²) in [4.78, 5) is 7.62. The van der Waals surface area contributed by atoms with E-state index in [4.69, 9.17) is 27.9 Å². The first-order chi connectivity index (χ1) is 13.6. The van der Waals surface area contributed by atoms with Gasteiger partial charge in [0.2, 0.25) is 0 Å². The van der Waals surface area contributed by atoms with Crippen LogP contribution in [0.25, 0.3) is 22.2 Å². The predicted molar refractivity (Wildman–Crippen MR) is 113 cm³/mol. The minimum Gasteiger partial charge on any atom is -0.495 e. The number of nitrogens with zero attached hydrogens (tertiary/aromatic N) is 2. The number of H-pyrrole nitrogens is 1. The second-order valence-electron chi connectivity index (χ2n) is 6.07. The number of nitriles is 1. The lowest BCUT2D eigenvalue weighted by atomic mass is 10.1. The first kappa shape index (κ1) is 18.2. The molecular weight excluding hydrogens is 395 g/mol. The largest absolute Gasteiger partial charge is 0.495 e.